The Bertz CT molecular complexity index is 255. The lowest BCUT2D eigenvalue weighted by Gasteiger charge is -2.33. The summed E-state index contributed by atoms with van der Waals surface area (Å²) < 4.78 is 0. The zero-order valence-electron chi connectivity index (χ0n) is 12.4. The van der Waals surface area contributed by atoms with Gasteiger partial charge in [-0.1, -0.05) is 13.8 Å². The molecule has 4 nitrogen and oxygen atoms in total. The van der Waals surface area contributed by atoms with Gasteiger partial charge in [-0.3, -0.25) is 9.69 Å². The highest BCUT2D eigenvalue weighted by atomic mass is 16.2. The number of carbonyl (C=O) groups is 1. The van der Waals surface area contributed by atoms with E-state index in [1.807, 2.05) is 14.0 Å². The molecule has 106 valence electrons. The van der Waals surface area contributed by atoms with E-state index in [2.05, 4.69) is 24.1 Å². The second-order valence-electron chi connectivity index (χ2n) is 5.71. The van der Waals surface area contributed by atoms with E-state index in [4.69, 9.17) is 0 Å². The molecule has 4 heteroatoms. The van der Waals surface area contributed by atoms with E-state index >= 15 is 0 Å². The van der Waals surface area contributed by atoms with Gasteiger partial charge in [-0.15, -0.1) is 0 Å². The first-order valence-corrected chi connectivity index (χ1v) is 7.22. The Labute approximate surface area is 112 Å². The van der Waals surface area contributed by atoms with Crippen molar-refractivity contribution in [2.75, 3.05) is 39.8 Å². The molecule has 1 fully saturated rings. The fourth-order valence-electron chi connectivity index (χ4n) is 2.35. The van der Waals surface area contributed by atoms with Crippen LogP contribution < -0.4 is 5.32 Å². The predicted octanol–water partition coefficient (Wildman–Crippen LogP) is 1.17. The minimum absolute atomic E-state index is 0.245. The highest BCUT2D eigenvalue weighted by Crippen LogP contribution is 2.15. The lowest BCUT2D eigenvalue weighted by molar-refractivity contribution is -0.131. The number of hydrogen-bond acceptors (Lipinski definition) is 3. The normalized spacial score (nSPS) is 21.3. The van der Waals surface area contributed by atoms with Crippen molar-refractivity contribution in [2.24, 2.45) is 5.92 Å². The Morgan fingerprint density at radius 1 is 1.50 bits per heavy atom. The molecule has 0 aromatic rings. The summed E-state index contributed by atoms with van der Waals surface area (Å²) in [6.45, 7) is 11.0. The zero-order valence-corrected chi connectivity index (χ0v) is 12.4. The van der Waals surface area contributed by atoms with Gasteiger partial charge in [0.15, 0.2) is 0 Å². The molecule has 0 radical (unpaired) electrons. The molecule has 1 rings (SSSR count). The van der Waals surface area contributed by atoms with Crippen LogP contribution in [0.25, 0.3) is 0 Å². The van der Waals surface area contributed by atoms with Gasteiger partial charge < -0.3 is 10.2 Å². The molecule has 0 bridgehead atoms. The predicted molar refractivity (Wildman–Crippen MR) is 75.6 cm³/mol. The van der Waals surface area contributed by atoms with E-state index in [1.165, 1.54) is 12.8 Å². The molecular formula is C14H29N3O. The molecule has 18 heavy (non-hydrogen) atoms. The summed E-state index contributed by atoms with van der Waals surface area (Å²) in [5, 5.41) is 3.50. The molecule has 0 aromatic heterocycles. The van der Waals surface area contributed by atoms with Crippen LogP contribution in [0.1, 0.15) is 33.6 Å². The fourth-order valence-corrected chi connectivity index (χ4v) is 2.35. The molecule has 1 saturated heterocycles. The molecular weight excluding hydrogens is 226 g/mol. The van der Waals surface area contributed by atoms with Gasteiger partial charge in [-0.25, -0.2) is 0 Å². The number of amides is 1. The maximum absolute atomic E-state index is 11.9. The molecule has 0 aliphatic carbocycles. The molecule has 1 aliphatic rings. The van der Waals surface area contributed by atoms with Gasteiger partial charge in [0.05, 0.1) is 6.54 Å². The second-order valence-corrected chi connectivity index (χ2v) is 5.71. The third-order valence-corrected chi connectivity index (χ3v) is 3.68. The summed E-state index contributed by atoms with van der Waals surface area (Å²) in [5.41, 5.74) is 0. The van der Waals surface area contributed by atoms with Gasteiger partial charge in [-0.2, -0.15) is 0 Å². The van der Waals surface area contributed by atoms with Crippen LogP contribution in [0, 0.1) is 5.92 Å². The van der Waals surface area contributed by atoms with Crippen molar-refractivity contribution in [3.8, 4) is 0 Å². The number of nitrogens with one attached hydrogen (secondary N) is 1. The van der Waals surface area contributed by atoms with E-state index in [0.717, 1.165) is 26.2 Å². The average Bonchev–Trinajstić information content (AvgIpc) is 2.35. The summed E-state index contributed by atoms with van der Waals surface area (Å²) in [5.74, 6) is 0.941. The van der Waals surface area contributed by atoms with Crippen molar-refractivity contribution in [3.63, 3.8) is 0 Å². The van der Waals surface area contributed by atoms with Gasteiger partial charge in [0.25, 0.3) is 0 Å². The minimum Gasteiger partial charge on any atom is -0.345 e. The number of likely N-dealkylation sites (tertiary alicyclic amines) is 1. The van der Waals surface area contributed by atoms with E-state index in [0.29, 0.717) is 18.5 Å². The van der Waals surface area contributed by atoms with Crippen molar-refractivity contribution < 1.29 is 4.79 Å². The first-order chi connectivity index (χ1) is 8.52. The number of piperidine rings is 1. The largest absolute Gasteiger partial charge is 0.345 e. The lowest BCUT2D eigenvalue weighted by atomic mass is 9.97. The van der Waals surface area contributed by atoms with Gasteiger partial charge in [0, 0.05) is 26.2 Å². The van der Waals surface area contributed by atoms with Crippen molar-refractivity contribution in [3.05, 3.63) is 0 Å². The Balaban J connectivity index is 2.32. The van der Waals surface area contributed by atoms with Crippen molar-refractivity contribution >= 4 is 5.91 Å². The molecule has 1 amide bonds. The molecule has 1 atom stereocenters. The standard InChI is InChI=1S/C14H29N3O/c1-5-16(4)14(18)11-17-8-6-7-13(10-17)9-15-12(2)3/h12-13,15H,5-11H2,1-4H3. The molecule has 1 N–H and O–H groups in total. The molecule has 0 spiro atoms. The molecule has 0 saturated carbocycles. The average molecular weight is 255 g/mol. The van der Waals surface area contributed by atoms with Crippen LogP contribution in [0.15, 0.2) is 0 Å². The molecule has 1 heterocycles. The van der Waals surface area contributed by atoms with Crippen molar-refractivity contribution in [1.29, 1.82) is 0 Å². The summed E-state index contributed by atoms with van der Waals surface area (Å²) >= 11 is 0. The molecule has 1 aliphatic heterocycles. The number of nitrogens with zero attached hydrogens (tertiary/aromatic N) is 2. The number of hydrogen-bond donors (Lipinski definition) is 1. The van der Waals surface area contributed by atoms with E-state index in [1.54, 1.807) is 4.90 Å². The summed E-state index contributed by atoms with van der Waals surface area (Å²) in [6, 6.07) is 0.549. The zero-order chi connectivity index (χ0) is 13.5. The second kappa shape index (κ2) is 7.74. The molecule has 0 aromatic carbocycles. The van der Waals surface area contributed by atoms with Gasteiger partial charge in [-0.05, 0) is 38.8 Å². The third kappa shape index (κ3) is 5.36. The smallest absolute Gasteiger partial charge is 0.236 e. The topological polar surface area (TPSA) is 35.6 Å². The Hall–Kier alpha value is -0.610. The van der Waals surface area contributed by atoms with Gasteiger partial charge >= 0.3 is 0 Å². The summed E-state index contributed by atoms with van der Waals surface area (Å²) in [4.78, 5) is 16.0. The SMILES string of the molecule is CCN(C)C(=O)CN1CCCC(CNC(C)C)C1. The Kier molecular flexibility index (Phi) is 6.65. The maximum Gasteiger partial charge on any atom is 0.236 e. The van der Waals surface area contributed by atoms with E-state index in [9.17, 15) is 4.79 Å². The Morgan fingerprint density at radius 2 is 2.22 bits per heavy atom. The number of carbonyl (C=O) groups excluding carboxylic acids is 1. The Morgan fingerprint density at radius 3 is 2.83 bits per heavy atom. The maximum atomic E-state index is 11.9. The number of rotatable bonds is 6. The summed E-state index contributed by atoms with van der Waals surface area (Å²) in [7, 11) is 1.88. The highest BCUT2D eigenvalue weighted by molar-refractivity contribution is 5.77. The van der Waals surface area contributed by atoms with Crippen molar-refractivity contribution in [2.45, 2.75) is 39.7 Å². The van der Waals surface area contributed by atoms with E-state index in [-0.39, 0.29) is 5.91 Å². The van der Waals surface area contributed by atoms with Crippen LogP contribution in [0.4, 0.5) is 0 Å². The van der Waals surface area contributed by atoms with Crippen LogP contribution >= 0.6 is 0 Å². The fraction of sp³-hybridized carbons (Fsp3) is 0.929. The third-order valence-electron chi connectivity index (χ3n) is 3.68. The lowest BCUT2D eigenvalue weighted by Crippen LogP contribution is -2.45. The van der Waals surface area contributed by atoms with Gasteiger partial charge in [0.1, 0.15) is 0 Å². The quantitative estimate of drug-likeness (QED) is 0.774. The van der Waals surface area contributed by atoms with Gasteiger partial charge in [0.2, 0.25) is 5.91 Å². The minimum atomic E-state index is 0.245. The number of likely N-dealkylation sites (N-methyl/N-ethyl adjacent to an activating group) is 1. The van der Waals surface area contributed by atoms with Crippen LogP contribution in [-0.4, -0.2) is 61.5 Å². The monoisotopic (exact) mass is 255 g/mol. The first-order valence-electron chi connectivity index (χ1n) is 7.22. The van der Waals surface area contributed by atoms with Crippen LogP contribution in [0.3, 0.4) is 0 Å². The summed E-state index contributed by atoms with van der Waals surface area (Å²) in [6.07, 6.45) is 2.50. The first kappa shape index (κ1) is 15.4. The van der Waals surface area contributed by atoms with Crippen LogP contribution in [0.2, 0.25) is 0 Å². The van der Waals surface area contributed by atoms with Crippen LogP contribution in [-0.2, 0) is 4.79 Å². The van der Waals surface area contributed by atoms with Crippen LogP contribution in [0.5, 0.6) is 0 Å². The molecule has 1 unspecified atom stereocenters. The van der Waals surface area contributed by atoms with E-state index < -0.39 is 0 Å². The van der Waals surface area contributed by atoms with Crippen molar-refractivity contribution in [1.82, 2.24) is 15.1 Å². The highest BCUT2D eigenvalue weighted by Gasteiger charge is 2.22.